The summed E-state index contributed by atoms with van der Waals surface area (Å²) in [7, 11) is -2.69. The van der Waals surface area contributed by atoms with E-state index < -0.39 is 45.2 Å². The number of benzene rings is 4. The SMILES string of the molecule is C=C[C@H]1C[N@]2CC[C@H]1C[C@H]2[C@H](O)c1ccnc2ccc(OC)cc12.C=C[C@H]1C[N@]2CC[C@H]1C[C@H]2[C@H](O)c1ccnc2ccc(OC)cc12.C=C[C@H]1C[N@]2CC[C@H]1C[C@H]2[C@H](O)c1ccnc2ccc(OC)cc12.C=C[C@H]1C[N@]2CC[C@H]1C[C@H]2[C@H](O)c1ccnc2ccc(OC)cc12.O=S(=O)(O)O.O=S(=O)(O)O. The van der Waals surface area contributed by atoms with Gasteiger partial charge >= 0.3 is 20.8 Å². The summed E-state index contributed by atoms with van der Waals surface area (Å²) >= 11 is 0. The number of piperidine rings is 12. The number of pyridine rings is 4. The molecule has 0 unspecified atom stereocenters. The maximum atomic E-state index is 11.2. The number of hydrogen-bond acceptors (Lipinski definition) is 20. The first kappa shape index (κ1) is 79.2. The summed E-state index contributed by atoms with van der Waals surface area (Å²) in [5.41, 5.74) is 7.38. The van der Waals surface area contributed by atoms with E-state index in [1.54, 1.807) is 53.2 Å². The molecule has 12 fully saturated rings. The van der Waals surface area contributed by atoms with Crippen molar-refractivity contribution >= 4 is 64.4 Å². The van der Waals surface area contributed by atoms with Crippen LogP contribution in [0, 0.1) is 47.3 Å². The molecule has 0 saturated carbocycles. The second kappa shape index (κ2) is 35.0. The van der Waals surface area contributed by atoms with Gasteiger partial charge in [-0.1, -0.05) is 24.3 Å². The molecule has 8 aromatic rings. The van der Waals surface area contributed by atoms with Gasteiger partial charge in [0.15, 0.2) is 0 Å². The number of methoxy groups -OCH3 is 4. The molecule has 12 saturated heterocycles. The third-order valence-electron chi connectivity index (χ3n) is 23.3. The highest BCUT2D eigenvalue weighted by Crippen LogP contribution is 2.47. The van der Waals surface area contributed by atoms with Crippen molar-refractivity contribution in [3.63, 3.8) is 0 Å². The molecule has 0 radical (unpaired) electrons. The zero-order valence-corrected chi connectivity index (χ0v) is 62.1. The van der Waals surface area contributed by atoms with Crippen molar-refractivity contribution in [3.8, 4) is 23.0 Å². The Morgan fingerprint density at radius 2 is 0.566 bits per heavy atom. The Morgan fingerprint density at radius 1 is 0.368 bits per heavy atom. The fraction of sp³-hybridized carbons (Fsp3) is 0.450. The van der Waals surface area contributed by atoms with E-state index in [0.717, 1.165) is 167 Å². The minimum Gasteiger partial charge on any atom is -0.497 e. The van der Waals surface area contributed by atoms with Gasteiger partial charge in [0.1, 0.15) is 23.0 Å². The van der Waals surface area contributed by atoms with Crippen LogP contribution in [0.3, 0.4) is 0 Å². The smallest absolute Gasteiger partial charge is 0.394 e. The number of fused-ring (bicyclic) bond motifs is 16. The number of aliphatic hydroxyl groups is 4. The summed E-state index contributed by atoms with van der Waals surface area (Å²) in [5.74, 6) is 8.03. The van der Waals surface area contributed by atoms with Gasteiger partial charge in [0.05, 0.1) is 74.9 Å². The van der Waals surface area contributed by atoms with Gasteiger partial charge < -0.3 is 39.4 Å². The van der Waals surface area contributed by atoms with E-state index in [4.69, 9.17) is 54.0 Å². The zero-order valence-electron chi connectivity index (χ0n) is 60.5. The van der Waals surface area contributed by atoms with Crippen LogP contribution in [-0.4, -0.2) is 200 Å². The second-order valence-corrected chi connectivity index (χ2v) is 30.6. The van der Waals surface area contributed by atoms with E-state index >= 15 is 0 Å². The van der Waals surface area contributed by atoms with Crippen LogP contribution < -0.4 is 18.9 Å². The highest BCUT2D eigenvalue weighted by atomic mass is 32.3. The topological polar surface area (TPSA) is 332 Å². The number of ether oxygens (including phenoxy) is 4. The lowest BCUT2D eigenvalue weighted by molar-refractivity contribution is -0.0445. The summed E-state index contributed by atoms with van der Waals surface area (Å²) in [6, 6.07) is 31.8. The molecule has 12 aliphatic heterocycles. The van der Waals surface area contributed by atoms with Crippen LogP contribution in [0.4, 0.5) is 0 Å². The van der Waals surface area contributed by atoms with Crippen molar-refractivity contribution in [3.05, 3.63) is 195 Å². The van der Waals surface area contributed by atoms with Crippen LogP contribution in [0.25, 0.3) is 43.6 Å². The van der Waals surface area contributed by atoms with Gasteiger partial charge in [-0.25, -0.2) is 0 Å². The van der Waals surface area contributed by atoms with Gasteiger partial charge in [-0.05, 0) is 244 Å². The molecule has 20 rings (SSSR count). The molecule has 4 aromatic heterocycles. The lowest BCUT2D eigenvalue weighted by Crippen LogP contribution is -2.54. The lowest BCUT2D eigenvalue weighted by atomic mass is 9.73. The molecule has 8 N–H and O–H groups in total. The zero-order chi connectivity index (χ0) is 75.7. The first-order valence-corrected chi connectivity index (χ1v) is 38.9. The standard InChI is InChI=1S/4C20H24N2O2.2H2O4S/c4*1-3-13-12-22-9-7-14(13)10-19(22)20(23)16-6-8-21-18-5-4-15(24-2)11-17(16)18;2*1-5(2,3)4/h4*3-6,8,11,13-14,19-20,23H,1,7,9-10,12H2,2H3;2*(H2,1,2,3,4)/t4*13-,14-,19-,20+;;/m0000../s1. The number of aromatic nitrogens is 4. The number of rotatable bonds is 16. The summed E-state index contributed by atoms with van der Waals surface area (Å²) < 4.78 is 84.6. The Morgan fingerprint density at radius 3 is 0.726 bits per heavy atom. The lowest BCUT2D eigenvalue weighted by Gasteiger charge is -2.50. The van der Waals surface area contributed by atoms with E-state index in [9.17, 15) is 20.4 Å². The van der Waals surface area contributed by atoms with Crippen LogP contribution in [0.5, 0.6) is 23.0 Å². The minimum atomic E-state index is -4.67. The third kappa shape index (κ3) is 18.6. The normalized spacial score (nSPS) is 28.5. The fourth-order valence-corrected chi connectivity index (χ4v) is 17.8. The number of aliphatic hydroxyl groups excluding tert-OH is 4. The second-order valence-electron chi connectivity index (χ2n) is 28.8. The van der Waals surface area contributed by atoms with Gasteiger partial charge in [0.25, 0.3) is 0 Å². The highest BCUT2D eigenvalue weighted by Gasteiger charge is 2.46. The Hall–Kier alpha value is -7.90. The molecular weight excluding hydrogens is 1390 g/mol. The molecule has 26 heteroatoms. The van der Waals surface area contributed by atoms with Crippen LogP contribution >= 0.6 is 0 Å². The maximum Gasteiger partial charge on any atom is 0.394 e. The molecule has 568 valence electrons. The molecule has 106 heavy (non-hydrogen) atoms. The summed E-state index contributed by atoms with van der Waals surface area (Å²) in [4.78, 5) is 27.4. The quantitative estimate of drug-likeness (QED) is 0.0329. The minimum absolute atomic E-state index is 0.178. The van der Waals surface area contributed by atoms with Gasteiger partial charge in [0.2, 0.25) is 0 Å². The molecule has 8 bridgehead atoms. The first-order chi connectivity index (χ1) is 50.8. The first-order valence-electron chi connectivity index (χ1n) is 36.1. The van der Waals surface area contributed by atoms with Crippen LogP contribution in [0.15, 0.2) is 172 Å². The number of hydrogen-bond donors (Lipinski definition) is 8. The molecule has 16 heterocycles. The van der Waals surface area contributed by atoms with Crippen molar-refractivity contribution in [1.29, 1.82) is 0 Å². The van der Waals surface area contributed by atoms with Gasteiger partial charge in [0, 0.05) is 96.7 Å². The van der Waals surface area contributed by atoms with E-state index in [2.05, 4.69) is 90.2 Å². The van der Waals surface area contributed by atoms with E-state index in [1.165, 1.54) is 25.7 Å². The summed E-state index contributed by atoms with van der Waals surface area (Å²) in [5, 5.41) is 48.5. The van der Waals surface area contributed by atoms with E-state index in [-0.39, 0.29) is 24.2 Å². The summed E-state index contributed by atoms with van der Waals surface area (Å²) in [6.07, 6.45) is 22.5. The van der Waals surface area contributed by atoms with Gasteiger partial charge in [-0.3, -0.25) is 57.7 Å². The Bertz CT molecular complexity index is 4070. The molecular formula is C80H100N8O16S2. The highest BCUT2D eigenvalue weighted by molar-refractivity contribution is 7.80. The van der Waals surface area contributed by atoms with Crippen molar-refractivity contribution in [2.24, 2.45) is 47.3 Å². The van der Waals surface area contributed by atoms with E-state index in [1.807, 2.05) is 97.1 Å². The van der Waals surface area contributed by atoms with Gasteiger partial charge in [-0.15, -0.1) is 26.3 Å². The molecule has 4 aromatic carbocycles. The average Bonchev–Trinajstić information content (AvgIpc) is 0.783. The largest absolute Gasteiger partial charge is 0.497 e. The molecule has 0 spiro atoms. The van der Waals surface area contributed by atoms with Crippen LogP contribution in [-0.2, 0) is 20.8 Å². The summed E-state index contributed by atoms with van der Waals surface area (Å²) in [6.45, 7) is 24.3. The average molecular weight is 1490 g/mol. The van der Waals surface area contributed by atoms with Crippen molar-refractivity contribution in [2.45, 2.75) is 99.9 Å². The van der Waals surface area contributed by atoms with Crippen molar-refractivity contribution < 1.29 is 74.4 Å². The van der Waals surface area contributed by atoms with Crippen LogP contribution in [0.1, 0.15) is 98.0 Å². The van der Waals surface area contributed by atoms with Crippen molar-refractivity contribution in [1.82, 2.24) is 39.5 Å². The fourth-order valence-electron chi connectivity index (χ4n) is 17.8. The molecule has 12 aliphatic rings. The molecule has 20 atom stereocenters. The molecule has 24 nitrogen and oxygen atoms in total. The van der Waals surface area contributed by atoms with E-state index in [0.29, 0.717) is 47.3 Å². The number of nitrogens with zero attached hydrogens (tertiary/aromatic N) is 8. The molecule has 0 aliphatic carbocycles. The Kier molecular flexibility index (Phi) is 26.1. The van der Waals surface area contributed by atoms with Gasteiger partial charge in [-0.2, -0.15) is 16.8 Å². The van der Waals surface area contributed by atoms with Crippen molar-refractivity contribution in [2.75, 3.05) is 80.8 Å². The predicted molar refractivity (Wildman–Crippen MR) is 408 cm³/mol. The maximum absolute atomic E-state index is 11.2. The Labute approximate surface area is 620 Å². The third-order valence-corrected chi connectivity index (χ3v) is 23.3. The van der Waals surface area contributed by atoms with Crippen LogP contribution in [0.2, 0.25) is 0 Å². The monoisotopic (exact) mass is 1490 g/mol. The molecule has 0 amide bonds. The Balaban J connectivity index is 0.000000135. The predicted octanol–water partition coefficient (Wildman–Crippen LogP) is 11.4.